The molecular weight excluding hydrogens is 281 g/mol. The zero-order chi connectivity index (χ0) is 16.1. The Labute approximate surface area is 128 Å². The van der Waals surface area contributed by atoms with Crippen LogP contribution in [-0.2, 0) is 5.41 Å². The van der Waals surface area contributed by atoms with E-state index in [1.165, 1.54) is 12.1 Å². The van der Waals surface area contributed by atoms with Crippen molar-refractivity contribution in [1.82, 2.24) is 0 Å². The second kappa shape index (κ2) is 4.77. The summed E-state index contributed by atoms with van der Waals surface area (Å²) in [6.45, 7) is 6.27. The number of imide groups is 1. The molecule has 112 valence electrons. The Hall–Kier alpha value is -2.49. The van der Waals surface area contributed by atoms with Gasteiger partial charge >= 0.3 is 0 Å². The smallest absolute Gasteiger partial charge is 0.266 e. The molecular formula is C18H16FNO2. The third kappa shape index (κ3) is 2.21. The minimum absolute atomic E-state index is 0.0103. The normalized spacial score (nSPS) is 14.5. The predicted octanol–water partition coefficient (Wildman–Crippen LogP) is 3.92. The molecule has 0 aromatic heterocycles. The number of hydrogen-bond acceptors (Lipinski definition) is 2. The monoisotopic (exact) mass is 297 g/mol. The van der Waals surface area contributed by atoms with Gasteiger partial charge in [-0.1, -0.05) is 32.9 Å². The number of halogens is 1. The van der Waals surface area contributed by atoms with Gasteiger partial charge in [0, 0.05) is 0 Å². The topological polar surface area (TPSA) is 37.4 Å². The van der Waals surface area contributed by atoms with E-state index in [2.05, 4.69) is 20.8 Å². The molecule has 0 aliphatic carbocycles. The van der Waals surface area contributed by atoms with Crippen LogP contribution in [0, 0.1) is 5.82 Å². The van der Waals surface area contributed by atoms with Gasteiger partial charge in [-0.25, -0.2) is 9.29 Å². The summed E-state index contributed by atoms with van der Waals surface area (Å²) in [4.78, 5) is 25.9. The molecule has 3 rings (SSSR count). The highest BCUT2D eigenvalue weighted by molar-refractivity contribution is 6.34. The maximum Gasteiger partial charge on any atom is 0.266 e. The molecule has 0 N–H and O–H groups in total. The van der Waals surface area contributed by atoms with Gasteiger partial charge in [0.15, 0.2) is 0 Å². The molecule has 0 bridgehead atoms. The predicted molar refractivity (Wildman–Crippen MR) is 82.7 cm³/mol. The second-order valence-corrected chi connectivity index (χ2v) is 6.43. The molecule has 1 heterocycles. The van der Waals surface area contributed by atoms with Gasteiger partial charge in [0.25, 0.3) is 11.8 Å². The number of carbonyl (C=O) groups excluding carboxylic acids is 2. The van der Waals surface area contributed by atoms with Crippen molar-refractivity contribution in [2.45, 2.75) is 26.2 Å². The number of carbonyl (C=O) groups is 2. The second-order valence-electron chi connectivity index (χ2n) is 6.43. The summed E-state index contributed by atoms with van der Waals surface area (Å²) in [6.07, 6.45) is 0. The fourth-order valence-electron chi connectivity index (χ4n) is 2.56. The zero-order valence-corrected chi connectivity index (χ0v) is 12.7. The Morgan fingerprint density at radius 3 is 2.05 bits per heavy atom. The van der Waals surface area contributed by atoms with Crippen LogP contribution in [0.15, 0.2) is 42.5 Å². The van der Waals surface area contributed by atoms with E-state index in [0.717, 1.165) is 16.5 Å². The van der Waals surface area contributed by atoms with Gasteiger partial charge in [-0.15, -0.1) is 0 Å². The van der Waals surface area contributed by atoms with Crippen molar-refractivity contribution in [3.63, 3.8) is 0 Å². The summed E-state index contributed by atoms with van der Waals surface area (Å²) < 4.78 is 13.3. The first-order valence-corrected chi connectivity index (χ1v) is 7.08. The van der Waals surface area contributed by atoms with Crippen molar-refractivity contribution in [1.29, 1.82) is 0 Å². The summed E-state index contributed by atoms with van der Waals surface area (Å²) in [6, 6.07) is 11.0. The lowest BCUT2D eigenvalue weighted by atomic mass is 9.87. The molecule has 3 nitrogen and oxygen atoms in total. The lowest BCUT2D eigenvalue weighted by Crippen LogP contribution is -2.29. The third-order valence-corrected chi connectivity index (χ3v) is 3.84. The Morgan fingerprint density at radius 1 is 0.864 bits per heavy atom. The Bertz CT molecular complexity index is 773. The largest absolute Gasteiger partial charge is 0.268 e. The maximum atomic E-state index is 13.3. The van der Waals surface area contributed by atoms with Crippen molar-refractivity contribution in [2.24, 2.45) is 0 Å². The van der Waals surface area contributed by atoms with Crippen LogP contribution in [0.2, 0.25) is 0 Å². The highest BCUT2D eigenvalue weighted by Crippen LogP contribution is 2.30. The molecule has 2 amide bonds. The van der Waals surface area contributed by atoms with E-state index in [-0.39, 0.29) is 16.5 Å². The number of amides is 2. The molecule has 0 saturated carbocycles. The third-order valence-electron chi connectivity index (χ3n) is 3.84. The van der Waals surface area contributed by atoms with Crippen LogP contribution < -0.4 is 4.90 Å². The van der Waals surface area contributed by atoms with Crippen LogP contribution >= 0.6 is 0 Å². The van der Waals surface area contributed by atoms with E-state index in [9.17, 15) is 14.0 Å². The minimum atomic E-state index is -0.523. The van der Waals surface area contributed by atoms with Crippen molar-refractivity contribution >= 4 is 17.5 Å². The first kappa shape index (κ1) is 14.4. The molecule has 0 atom stereocenters. The molecule has 0 unspecified atom stereocenters. The molecule has 22 heavy (non-hydrogen) atoms. The van der Waals surface area contributed by atoms with E-state index in [1.807, 2.05) is 12.1 Å². The number of rotatable bonds is 1. The maximum absolute atomic E-state index is 13.3. The fraction of sp³-hybridized carbons (Fsp3) is 0.222. The number of fused-ring (bicyclic) bond motifs is 1. The summed E-state index contributed by atoms with van der Waals surface area (Å²) in [5.74, 6) is -1.42. The van der Waals surface area contributed by atoms with Gasteiger partial charge in [-0.3, -0.25) is 9.59 Å². The quantitative estimate of drug-likeness (QED) is 0.748. The van der Waals surface area contributed by atoms with Gasteiger partial charge in [0.1, 0.15) is 5.82 Å². The summed E-state index contributed by atoms with van der Waals surface area (Å²) in [7, 11) is 0. The van der Waals surface area contributed by atoms with Crippen molar-refractivity contribution in [3.8, 4) is 0 Å². The van der Waals surface area contributed by atoms with E-state index >= 15 is 0 Å². The van der Waals surface area contributed by atoms with E-state index in [1.54, 1.807) is 12.1 Å². The number of hydrogen-bond donors (Lipinski definition) is 0. The van der Waals surface area contributed by atoms with Gasteiger partial charge < -0.3 is 0 Å². The molecule has 0 radical (unpaired) electrons. The van der Waals surface area contributed by atoms with Crippen LogP contribution in [0.3, 0.4) is 0 Å². The highest BCUT2D eigenvalue weighted by atomic mass is 19.1. The van der Waals surface area contributed by atoms with Crippen molar-refractivity contribution in [3.05, 3.63) is 65.0 Å². The van der Waals surface area contributed by atoms with E-state index in [0.29, 0.717) is 5.69 Å². The molecule has 0 saturated heterocycles. The standard InChI is InChI=1S/C18H16FNO2/c1-18(2,3)11-4-7-13(8-5-11)20-16(21)14-9-6-12(19)10-15(14)17(20)22/h4-10H,1-3H3. The number of nitrogens with zero attached hydrogens (tertiary/aromatic N) is 1. The summed E-state index contributed by atoms with van der Waals surface area (Å²) >= 11 is 0. The Kier molecular flexibility index (Phi) is 3.13. The molecule has 0 spiro atoms. The molecule has 2 aromatic carbocycles. The van der Waals surface area contributed by atoms with Crippen molar-refractivity contribution < 1.29 is 14.0 Å². The van der Waals surface area contributed by atoms with Crippen LogP contribution in [0.4, 0.5) is 10.1 Å². The molecule has 2 aromatic rings. The Balaban J connectivity index is 2.00. The number of benzene rings is 2. The lowest BCUT2D eigenvalue weighted by Gasteiger charge is -2.20. The summed E-state index contributed by atoms with van der Waals surface area (Å²) in [5, 5.41) is 0. The molecule has 4 heteroatoms. The Morgan fingerprint density at radius 2 is 1.45 bits per heavy atom. The van der Waals surface area contributed by atoms with Gasteiger partial charge in [0.2, 0.25) is 0 Å². The average Bonchev–Trinajstić information content (AvgIpc) is 2.70. The zero-order valence-electron chi connectivity index (χ0n) is 12.7. The van der Waals surface area contributed by atoms with Crippen LogP contribution in [0.25, 0.3) is 0 Å². The van der Waals surface area contributed by atoms with Gasteiger partial charge in [-0.05, 0) is 41.3 Å². The van der Waals surface area contributed by atoms with Crippen LogP contribution in [-0.4, -0.2) is 11.8 Å². The molecule has 1 aliphatic heterocycles. The van der Waals surface area contributed by atoms with Crippen LogP contribution in [0.5, 0.6) is 0 Å². The van der Waals surface area contributed by atoms with E-state index in [4.69, 9.17) is 0 Å². The lowest BCUT2D eigenvalue weighted by molar-refractivity contribution is 0.0926. The van der Waals surface area contributed by atoms with Gasteiger partial charge in [-0.2, -0.15) is 0 Å². The van der Waals surface area contributed by atoms with Crippen LogP contribution in [0.1, 0.15) is 47.1 Å². The average molecular weight is 297 g/mol. The first-order chi connectivity index (χ1) is 10.3. The van der Waals surface area contributed by atoms with Crippen molar-refractivity contribution in [2.75, 3.05) is 4.90 Å². The van der Waals surface area contributed by atoms with E-state index < -0.39 is 17.6 Å². The van der Waals surface area contributed by atoms with Gasteiger partial charge in [0.05, 0.1) is 16.8 Å². The number of anilines is 1. The fourth-order valence-corrected chi connectivity index (χ4v) is 2.56. The SMILES string of the molecule is CC(C)(C)c1ccc(N2C(=O)c3ccc(F)cc3C2=O)cc1. The minimum Gasteiger partial charge on any atom is -0.268 e. The molecule has 1 aliphatic rings. The summed E-state index contributed by atoms with van der Waals surface area (Å²) in [5.41, 5.74) is 1.96. The highest BCUT2D eigenvalue weighted by Gasteiger charge is 2.36. The molecule has 0 fully saturated rings. The first-order valence-electron chi connectivity index (χ1n) is 7.08.